The molecule has 1 amide bonds. The smallest absolute Gasteiger partial charge is 0.307 e. The van der Waals surface area contributed by atoms with Gasteiger partial charge in [0, 0.05) is 31.8 Å². The van der Waals surface area contributed by atoms with Crippen LogP contribution in [0.25, 0.3) is 16.6 Å². The van der Waals surface area contributed by atoms with Crippen molar-refractivity contribution in [2.24, 2.45) is 0 Å². The molecule has 1 aliphatic heterocycles. The molecule has 1 aromatic carbocycles. The number of hydrogen-bond acceptors (Lipinski definition) is 3. The summed E-state index contributed by atoms with van der Waals surface area (Å²) in [6.07, 6.45) is 4.27. The van der Waals surface area contributed by atoms with Gasteiger partial charge < -0.3 is 10.0 Å². The summed E-state index contributed by atoms with van der Waals surface area (Å²) in [4.78, 5) is 24.6. The minimum atomic E-state index is -0.872. The van der Waals surface area contributed by atoms with Crippen molar-refractivity contribution in [1.82, 2.24) is 14.5 Å². The zero-order valence-corrected chi connectivity index (χ0v) is 14.5. The van der Waals surface area contributed by atoms with Gasteiger partial charge >= 0.3 is 5.97 Å². The number of carboxylic acids is 1. The van der Waals surface area contributed by atoms with Crippen molar-refractivity contribution in [1.29, 1.82) is 0 Å². The molecule has 0 unspecified atom stereocenters. The second kappa shape index (κ2) is 6.29. The Morgan fingerprint density at radius 2 is 1.96 bits per heavy atom. The van der Waals surface area contributed by atoms with E-state index < -0.39 is 5.97 Å². The summed E-state index contributed by atoms with van der Waals surface area (Å²) in [5, 5.41) is 13.3. The Labute approximate surface area is 150 Å². The van der Waals surface area contributed by atoms with Crippen LogP contribution in [0.1, 0.15) is 23.6 Å². The van der Waals surface area contributed by atoms with Crippen molar-refractivity contribution in [3.63, 3.8) is 0 Å². The van der Waals surface area contributed by atoms with E-state index in [9.17, 15) is 9.59 Å². The number of aliphatic carboxylic acids is 1. The zero-order chi connectivity index (χ0) is 18.3. The van der Waals surface area contributed by atoms with E-state index in [2.05, 4.69) is 23.3 Å². The molecule has 26 heavy (non-hydrogen) atoms. The third kappa shape index (κ3) is 2.94. The summed E-state index contributed by atoms with van der Waals surface area (Å²) in [6, 6.07) is 10.3. The standard InChI is InChI=1S/C20H19N3O3/c1-13(24)22-6-4-14-2-3-15(8-18(14)12-22)16-5-7-23-19(9-16)17(11-21-23)10-20(25)26/h2-3,5,7-9,11H,4,6,10,12H2,1H3,(H,25,26). The van der Waals surface area contributed by atoms with Crippen molar-refractivity contribution in [2.45, 2.75) is 26.3 Å². The van der Waals surface area contributed by atoms with Gasteiger partial charge in [-0.2, -0.15) is 5.10 Å². The number of rotatable bonds is 3. The van der Waals surface area contributed by atoms with Gasteiger partial charge in [0.1, 0.15) is 0 Å². The van der Waals surface area contributed by atoms with E-state index in [-0.39, 0.29) is 12.3 Å². The molecule has 0 spiro atoms. The molecule has 2 aromatic heterocycles. The number of nitrogens with zero attached hydrogens (tertiary/aromatic N) is 3. The Morgan fingerprint density at radius 1 is 1.15 bits per heavy atom. The highest BCUT2D eigenvalue weighted by atomic mass is 16.4. The van der Waals surface area contributed by atoms with E-state index in [1.807, 2.05) is 23.2 Å². The van der Waals surface area contributed by atoms with Crippen LogP contribution in [0.15, 0.2) is 42.7 Å². The molecule has 3 aromatic rings. The maximum absolute atomic E-state index is 11.7. The lowest BCUT2D eigenvalue weighted by Gasteiger charge is -2.28. The van der Waals surface area contributed by atoms with Crippen LogP contribution in [-0.4, -0.2) is 38.0 Å². The maximum Gasteiger partial charge on any atom is 0.307 e. The number of carbonyl (C=O) groups excluding carboxylic acids is 1. The number of carbonyl (C=O) groups is 2. The molecule has 0 atom stereocenters. The molecule has 0 saturated carbocycles. The summed E-state index contributed by atoms with van der Waals surface area (Å²) >= 11 is 0. The second-order valence-electron chi connectivity index (χ2n) is 6.66. The number of amides is 1. The molecular weight excluding hydrogens is 330 g/mol. The van der Waals surface area contributed by atoms with Gasteiger partial charge in [-0.05, 0) is 46.9 Å². The van der Waals surface area contributed by atoms with E-state index >= 15 is 0 Å². The molecule has 0 saturated heterocycles. The maximum atomic E-state index is 11.7. The number of carboxylic acid groups (broad SMARTS) is 1. The van der Waals surface area contributed by atoms with Gasteiger partial charge in [-0.15, -0.1) is 0 Å². The summed E-state index contributed by atoms with van der Waals surface area (Å²) in [6.45, 7) is 3.01. The fourth-order valence-electron chi connectivity index (χ4n) is 3.52. The minimum absolute atomic E-state index is 0.0509. The van der Waals surface area contributed by atoms with E-state index in [0.29, 0.717) is 12.1 Å². The van der Waals surface area contributed by atoms with E-state index in [1.54, 1.807) is 17.6 Å². The van der Waals surface area contributed by atoms with Crippen LogP contribution in [0.4, 0.5) is 0 Å². The molecule has 0 bridgehead atoms. The summed E-state index contributed by atoms with van der Waals surface area (Å²) in [7, 11) is 0. The van der Waals surface area contributed by atoms with Gasteiger partial charge in [0.25, 0.3) is 0 Å². The average Bonchev–Trinajstić information content (AvgIpc) is 3.02. The third-order valence-corrected chi connectivity index (χ3v) is 4.94. The number of aromatic nitrogens is 2. The third-order valence-electron chi connectivity index (χ3n) is 4.94. The number of fused-ring (bicyclic) bond motifs is 2. The lowest BCUT2D eigenvalue weighted by Crippen LogP contribution is -2.34. The number of pyridine rings is 1. The Kier molecular flexibility index (Phi) is 3.95. The molecule has 6 nitrogen and oxygen atoms in total. The van der Waals surface area contributed by atoms with Crippen LogP contribution < -0.4 is 0 Å². The van der Waals surface area contributed by atoms with Gasteiger partial charge in [-0.25, -0.2) is 4.52 Å². The molecule has 1 N–H and O–H groups in total. The normalized spacial score (nSPS) is 13.7. The largest absolute Gasteiger partial charge is 0.481 e. The second-order valence-corrected chi connectivity index (χ2v) is 6.66. The van der Waals surface area contributed by atoms with Crippen molar-refractivity contribution in [3.05, 3.63) is 59.4 Å². The highest BCUT2D eigenvalue weighted by molar-refractivity contribution is 5.77. The van der Waals surface area contributed by atoms with E-state index in [4.69, 9.17) is 5.11 Å². The predicted octanol–water partition coefficient (Wildman–Crippen LogP) is 2.53. The first-order chi connectivity index (χ1) is 12.5. The van der Waals surface area contributed by atoms with Crippen molar-refractivity contribution in [3.8, 4) is 11.1 Å². The Hall–Kier alpha value is -3.15. The van der Waals surface area contributed by atoms with Crippen LogP contribution in [-0.2, 0) is 29.0 Å². The monoisotopic (exact) mass is 349 g/mol. The highest BCUT2D eigenvalue weighted by Crippen LogP contribution is 2.28. The fraction of sp³-hybridized carbons (Fsp3) is 0.250. The summed E-state index contributed by atoms with van der Waals surface area (Å²) in [5.74, 6) is -0.775. The fourth-order valence-corrected chi connectivity index (χ4v) is 3.52. The lowest BCUT2D eigenvalue weighted by atomic mass is 9.94. The van der Waals surface area contributed by atoms with Gasteiger partial charge in [-0.3, -0.25) is 9.59 Å². The zero-order valence-electron chi connectivity index (χ0n) is 14.5. The molecule has 1 aliphatic rings. The topological polar surface area (TPSA) is 74.9 Å². The average molecular weight is 349 g/mol. The first-order valence-electron chi connectivity index (χ1n) is 8.57. The molecule has 0 aliphatic carbocycles. The van der Waals surface area contributed by atoms with Gasteiger partial charge in [-0.1, -0.05) is 12.1 Å². The molecule has 4 rings (SSSR count). The van der Waals surface area contributed by atoms with Crippen LogP contribution in [0.2, 0.25) is 0 Å². The molecule has 132 valence electrons. The van der Waals surface area contributed by atoms with Gasteiger partial charge in [0.15, 0.2) is 0 Å². The van der Waals surface area contributed by atoms with Crippen molar-refractivity contribution >= 4 is 17.4 Å². The first-order valence-corrected chi connectivity index (χ1v) is 8.57. The molecule has 0 fully saturated rings. The van der Waals surface area contributed by atoms with Crippen LogP contribution >= 0.6 is 0 Å². The number of benzene rings is 1. The van der Waals surface area contributed by atoms with Crippen molar-refractivity contribution < 1.29 is 14.7 Å². The van der Waals surface area contributed by atoms with Crippen molar-refractivity contribution in [2.75, 3.05) is 6.54 Å². The highest BCUT2D eigenvalue weighted by Gasteiger charge is 2.18. The number of hydrogen-bond donors (Lipinski definition) is 1. The Morgan fingerprint density at radius 3 is 2.73 bits per heavy atom. The Bertz CT molecular complexity index is 1020. The molecule has 0 radical (unpaired) electrons. The van der Waals surface area contributed by atoms with Crippen LogP contribution in [0.3, 0.4) is 0 Å². The van der Waals surface area contributed by atoms with Gasteiger partial charge in [0.05, 0.1) is 18.1 Å². The molecular formula is C20H19N3O3. The SMILES string of the molecule is CC(=O)N1CCc2ccc(-c3ccn4ncc(CC(=O)O)c4c3)cc2C1. The summed E-state index contributed by atoms with van der Waals surface area (Å²) < 4.78 is 1.69. The van der Waals surface area contributed by atoms with E-state index in [1.165, 1.54) is 11.1 Å². The predicted molar refractivity (Wildman–Crippen MR) is 96.8 cm³/mol. The lowest BCUT2D eigenvalue weighted by molar-refractivity contribution is -0.136. The minimum Gasteiger partial charge on any atom is -0.481 e. The van der Waals surface area contributed by atoms with E-state index in [0.717, 1.165) is 29.6 Å². The first kappa shape index (κ1) is 16.3. The summed E-state index contributed by atoms with van der Waals surface area (Å²) in [5.41, 5.74) is 6.01. The van der Waals surface area contributed by atoms with Gasteiger partial charge in [0.2, 0.25) is 5.91 Å². The Balaban J connectivity index is 1.72. The van der Waals surface area contributed by atoms with Crippen LogP contribution in [0.5, 0.6) is 0 Å². The molecule has 6 heteroatoms. The molecule has 3 heterocycles. The quantitative estimate of drug-likeness (QED) is 0.788. The van der Waals surface area contributed by atoms with Crippen LogP contribution in [0, 0.1) is 0 Å².